The molecule has 114 valence electrons. The van der Waals surface area contributed by atoms with Gasteiger partial charge in [-0.3, -0.25) is 0 Å². The number of benzene rings is 1. The van der Waals surface area contributed by atoms with E-state index in [1.54, 1.807) is 0 Å². The van der Waals surface area contributed by atoms with Gasteiger partial charge in [0.15, 0.2) is 0 Å². The summed E-state index contributed by atoms with van der Waals surface area (Å²) in [6, 6.07) is 8.77. The quantitative estimate of drug-likeness (QED) is 0.752. The molecule has 0 saturated carbocycles. The Morgan fingerprint density at radius 2 is 1.90 bits per heavy atom. The number of aryl methyl sites for hydroxylation is 1. The molecule has 0 saturated heterocycles. The van der Waals surface area contributed by atoms with Crippen LogP contribution in [0.25, 0.3) is 0 Å². The van der Waals surface area contributed by atoms with Crippen LogP contribution in [0, 0.1) is 6.92 Å². The molecule has 2 rings (SSSR count). The van der Waals surface area contributed by atoms with Crippen LogP contribution in [0.3, 0.4) is 0 Å². The average molecular weight is 302 g/mol. The van der Waals surface area contributed by atoms with Gasteiger partial charge in [0.1, 0.15) is 0 Å². The van der Waals surface area contributed by atoms with Crippen molar-refractivity contribution in [1.29, 1.82) is 0 Å². The van der Waals surface area contributed by atoms with E-state index in [4.69, 9.17) is 4.98 Å². The fraction of sp³-hybridized carbons (Fsp3) is 0.500. The maximum absolute atomic E-state index is 4.88. The van der Waals surface area contributed by atoms with E-state index in [0.29, 0.717) is 5.92 Å². The molecule has 1 N–H and O–H groups in total. The average Bonchev–Trinajstić information content (AvgIpc) is 2.85. The summed E-state index contributed by atoms with van der Waals surface area (Å²) in [5, 5.41) is 4.73. The standard InChI is InChI=1S/C18H26N2S/c1-5-10-19-12-16-18(13(2)3)20-17(21-16)11-15-8-6-14(4)7-9-15/h6-9,13,19H,5,10-12H2,1-4H3. The van der Waals surface area contributed by atoms with Gasteiger partial charge in [-0.25, -0.2) is 4.98 Å². The molecule has 0 fully saturated rings. The molecule has 0 atom stereocenters. The fourth-order valence-electron chi connectivity index (χ4n) is 2.33. The minimum absolute atomic E-state index is 0.492. The van der Waals surface area contributed by atoms with Crippen molar-refractivity contribution >= 4 is 11.3 Å². The third-order valence-electron chi connectivity index (χ3n) is 3.51. The Hall–Kier alpha value is -1.19. The molecular formula is C18H26N2S. The first-order valence-corrected chi connectivity index (χ1v) is 8.66. The van der Waals surface area contributed by atoms with Crippen molar-refractivity contribution in [2.45, 2.75) is 53.0 Å². The first kappa shape index (κ1) is 16.2. The van der Waals surface area contributed by atoms with Gasteiger partial charge in [-0.1, -0.05) is 50.6 Å². The van der Waals surface area contributed by atoms with E-state index < -0.39 is 0 Å². The monoisotopic (exact) mass is 302 g/mol. The van der Waals surface area contributed by atoms with Gasteiger partial charge >= 0.3 is 0 Å². The van der Waals surface area contributed by atoms with E-state index in [-0.39, 0.29) is 0 Å². The SMILES string of the molecule is CCCNCc1sc(Cc2ccc(C)cc2)nc1C(C)C. The maximum Gasteiger partial charge on any atom is 0.0975 e. The van der Waals surface area contributed by atoms with Crippen LogP contribution in [-0.4, -0.2) is 11.5 Å². The number of aromatic nitrogens is 1. The molecule has 3 heteroatoms. The zero-order chi connectivity index (χ0) is 15.2. The van der Waals surface area contributed by atoms with Gasteiger partial charge < -0.3 is 5.32 Å². The minimum Gasteiger partial charge on any atom is -0.312 e. The van der Waals surface area contributed by atoms with Crippen molar-refractivity contribution < 1.29 is 0 Å². The Balaban J connectivity index is 2.12. The molecule has 2 aromatic rings. The topological polar surface area (TPSA) is 24.9 Å². The van der Waals surface area contributed by atoms with Crippen molar-refractivity contribution in [3.8, 4) is 0 Å². The van der Waals surface area contributed by atoms with E-state index >= 15 is 0 Å². The zero-order valence-electron chi connectivity index (χ0n) is 13.6. The smallest absolute Gasteiger partial charge is 0.0975 e. The molecule has 2 nitrogen and oxygen atoms in total. The molecule has 0 amide bonds. The summed E-state index contributed by atoms with van der Waals surface area (Å²) in [6.45, 7) is 10.8. The van der Waals surface area contributed by atoms with Gasteiger partial charge in [0.25, 0.3) is 0 Å². The lowest BCUT2D eigenvalue weighted by Crippen LogP contribution is -2.14. The molecule has 0 aliphatic rings. The third kappa shape index (κ3) is 4.65. The highest BCUT2D eigenvalue weighted by Gasteiger charge is 2.14. The fourth-order valence-corrected chi connectivity index (χ4v) is 3.55. The summed E-state index contributed by atoms with van der Waals surface area (Å²) in [6.07, 6.45) is 2.12. The summed E-state index contributed by atoms with van der Waals surface area (Å²) in [5.74, 6) is 0.492. The summed E-state index contributed by atoms with van der Waals surface area (Å²) in [4.78, 5) is 6.29. The van der Waals surface area contributed by atoms with Gasteiger partial charge in [-0.15, -0.1) is 11.3 Å². The second-order valence-corrected chi connectivity index (χ2v) is 7.08. The molecule has 1 aromatic heterocycles. The highest BCUT2D eigenvalue weighted by molar-refractivity contribution is 7.11. The van der Waals surface area contributed by atoms with Gasteiger partial charge in [-0.05, 0) is 31.4 Å². The summed E-state index contributed by atoms with van der Waals surface area (Å²) in [7, 11) is 0. The predicted octanol–water partition coefficient (Wildman–Crippen LogP) is 4.67. The van der Waals surface area contributed by atoms with Crippen LogP contribution in [0.15, 0.2) is 24.3 Å². The highest BCUT2D eigenvalue weighted by atomic mass is 32.1. The van der Waals surface area contributed by atoms with E-state index in [0.717, 1.165) is 19.5 Å². The Kier molecular flexibility index (Phi) is 5.95. The zero-order valence-corrected chi connectivity index (χ0v) is 14.4. The minimum atomic E-state index is 0.492. The molecule has 0 aliphatic carbocycles. The molecule has 1 heterocycles. The van der Waals surface area contributed by atoms with Crippen molar-refractivity contribution in [2.24, 2.45) is 0 Å². The van der Waals surface area contributed by atoms with Crippen LogP contribution in [0.1, 0.15) is 59.8 Å². The van der Waals surface area contributed by atoms with Crippen molar-refractivity contribution in [3.63, 3.8) is 0 Å². The first-order chi connectivity index (χ1) is 10.1. The van der Waals surface area contributed by atoms with Crippen molar-refractivity contribution in [3.05, 3.63) is 51.0 Å². The lowest BCUT2D eigenvalue weighted by Gasteiger charge is -2.05. The number of thiazole rings is 1. The van der Waals surface area contributed by atoms with Crippen molar-refractivity contribution in [2.75, 3.05) is 6.54 Å². The largest absolute Gasteiger partial charge is 0.312 e. The summed E-state index contributed by atoms with van der Waals surface area (Å²) in [5.41, 5.74) is 3.92. The number of nitrogens with zero attached hydrogens (tertiary/aromatic N) is 1. The van der Waals surface area contributed by atoms with E-state index in [9.17, 15) is 0 Å². The number of hydrogen-bond donors (Lipinski definition) is 1. The Labute approximate surface area is 132 Å². The molecular weight excluding hydrogens is 276 g/mol. The number of hydrogen-bond acceptors (Lipinski definition) is 3. The van der Waals surface area contributed by atoms with Gasteiger partial charge in [0.2, 0.25) is 0 Å². The molecule has 0 spiro atoms. The van der Waals surface area contributed by atoms with Gasteiger partial charge in [-0.2, -0.15) is 0 Å². The van der Waals surface area contributed by atoms with Crippen LogP contribution in [0.5, 0.6) is 0 Å². The number of rotatable bonds is 7. The number of nitrogens with one attached hydrogen (secondary N) is 1. The van der Waals surface area contributed by atoms with Crippen LogP contribution in [-0.2, 0) is 13.0 Å². The van der Waals surface area contributed by atoms with Gasteiger partial charge in [0.05, 0.1) is 10.7 Å². The second-order valence-electron chi connectivity index (χ2n) is 5.91. The van der Waals surface area contributed by atoms with E-state index in [2.05, 4.69) is 57.3 Å². The van der Waals surface area contributed by atoms with Crippen molar-refractivity contribution in [1.82, 2.24) is 10.3 Å². The van der Waals surface area contributed by atoms with Gasteiger partial charge in [0, 0.05) is 17.8 Å². The Morgan fingerprint density at radius 1 is 1.19 bits per heavy atom. The van der Waals surface area contributed by atoms with Crippen LogP contribution >= 0.6 is 11.3 Å². The molecule has 0 radical (unpaired) electrons. The Bertz CT molecular complexity index is 555. The first-order valence-electron chi connectivity index (χ1n) is 7.85. The normalized spacial score (nSPS) is 11.3. The molecule has 0 aliphatic heterocycles. The highest BCUT2D eigenvalue weighted by Crippen LogP contribution is 2.26. The van der Waals surface area contributed by atoms with Crippen LogP contribution < -0.4 is 5.32 Å². The van der Waals surface area contributed by atoms with E-state index in [1.165, 1.54) is 33.1 Å². The summed E-state index contributed by atoms with van der Waals surface area (Å²) < 4.78 is 0. The molecule has 0 bridgehead atoms. The van der Waals surface area contributed by atoms with E-state index in [1.807, 2.05) is 11.3 Å². The second kappa shape index (κ2) is 7.71. The summed E-state index contributed by atoms with van der Waals surface area (Å²) >= 11 is 1.86. The van der Waals surface area contributed by atoms with Crippen LogP contribution in [0.2, 0.25) is 0 Å². The lowest BCUT2D eigenvalue weighted by molar-refractivity contribution is 0.670. The molecule has 0 unspecified atom stereocenters. The lowest BCUT2D eigenvalue weighted by atomic mass is 10.1. The maximum atomic E-state index is 4.88. The Morgan fingerprint density at radius 3 is 2.52 bits per heavy atom. The van der Waals surface area contributed by atoms with Crippen LogP contribution in [0.4, 0.5) is 0 Å². The predicted molar refractivity (Wildman–Crippen MR) is 92.2 cm³/mol. The molecule has 21 heavy (non-hydrogen) atoms. The third-order valence-corrected chi connectivity index (χ3v) is 4.58. The molecule has 1 aromatic carbocycles.